The highest BCUT2D eigenvalue weighted by Crippen LogP contribution is 2.38. The number of hydrogen-bond acceptors (Lipinski definition) is 8. The van der Waals surface area contributed by atoms with Gasteiger partial charge in [-0.05, 0) is 133 Å². The largest absolute Gasteiger partial charge is 0.419 e. The number of likely N-dealkylation sites (N-methyl/N-ethyl adjacent to an activating group) is 3. The van der Waals surface area contributed by atoms with Gasteiger partial charge >= 0.3 is 12.4 Å². The number of nitrogens with one attached hydrogen (secondary N) is 2. The molecule has 0 aliphatic carbocycles. The fraction of sp³-hybridized carbons (Fsp3) is 0.490. The Hall–Kier alpha value is -3.82. The van der Waals surface area contributed by atoms with Crippen molar-refractivity contribution in [1.29, 1.82) is 0 Å². The summed E-state index contributed by atoms with van der Waals surface area (Å²) in [5.74, 6) is -2.92. The molecule has 2 heterocycles. The molecule has 10 nitrogen and oxygen atoms in total. The maximum Gasteiger partial charge on any atom is 0.419 e. The van der Waals surface area contributed by atoms with Crippen molar-refractivity contribution in [3.05, 3.63) is 138 Å². The van der Waals surface area contributed by atoms with E-state index in [1.807, 2.05) is 69.1 Å². The van der Waals surface area contributed by atoms with Crippen LogP contribution in [0.1, 0.15) is 51.6 Å². The topological polar surface area (TPSA) is 77.6 Å². The van der Waals surface area contributed by atoms with Crippen molar-refractivity contribution < 1.29 is 44.7 Å². The number of benzene rings is 4. The van der Waals surface area contributed by atoms with Gasteiger partial charge < -0.3 is 30.2 Å². The molecule has 4 unspecified atom stereocenters. The summed E-state index contributed by atoms with van der Waals surface area (Å²) in [7, 11) is 11.5. The summed E-state index contributed by atoms with van der Waals surface area (Å²) in [6.07, 6.45) is -8.58. The van der Waals surface area contributed by atoms with Gasteiger partial charge in [0, 0.05) is 76.3 Å². The fourth-order valence-corrected chi connectivity index (χ4v) is 9.65. The van der Waals surface area contributed by atoms with E-state index in [9.17, 15) is 44.7 Å². The zero-order valence-electron chi connectivity index (χ0n) is 41.5. The second-order valence-electron chi connectivity index (χ2n) is 19.1. The van der Waals surface area contributed by atoms with Crippen molar-refractivity contribution in [2.75, 3.05) is 108 Å². The molecule has 73 heavy (non-hydrogen) atoms. The first-order chi connectivity index (χ1) is 34.2. The molecule has 6 rings (SSSR count). The lowest BCUT2D eigenvalue weighted by Gasteiger charge is -2.29. The van der Waals surface area contributed by atoms with Gasteiger partial charge in [0.15, 0.2) is 0 Å². The molecule has 0 radical (unpaired) electrons. The molecule has 4 atom stereocenters. The van der Waals surface area contributed by atoms with Gasteiger partial charge in [-0.15, -0.1) is 0 Å². The number of nitrogens with zero attached hydrogens (tertiary/aromatic N) is 6. The SMILES string of the molecule is CN(C)CCCNCC(=O)N1CC(c2ccc(Cl)c(Cl)c2)C(N(C)Cc2ccc(C(F)(F)F)c(F)c2)C1.CN(C)CCNCC(=O)N1CC(c2ccc(Cl)c(Cl)c2)C(N(C)Cc2ccc(C(F)(F)F)c(F)c2)C1. The Kier molecular flexibility index (Phi) is 22.0. The molecule has 2 N–H and O–H groups in total. The summed E-state index contributed by atoms with van der Waals surface area (Å²) in [6.45, 7) is 5.67. The number of alkyl halides is 6. The van der Waals surface area contributed by atoms with Crippen molar-refractivity contribution in [2.45, 2.75) is 55.8 Å². The fourth-order valence-electron chi connectivity index (χ4n) is 9.04. The summed E-state index contributed by atoms with van der Waals surface area (Å²) >= 11 is 24.7. The molecule has 2 fully saturated rings. The van der Waals surface area contributed by atoms with Crippen LogP contribution >= 0.6 is 46.4 Å². The first-order valence-corrected chi connectivity index (χ1v) is 25.0. The van der Waals surface area contributed by atoms with Gasteiger partial charge in [0.1, 0.15) is 11.6 Å². The maximum atomic E-state index is 14.2. The average molecular weight is 1110 g/mol. The predicted molar refractivity (Wildman–Crippen MR) is 272 cm³/mol. The third kappa shape index (κ3) is 17.4. The molecule has 0 aromatic heterocycles. The summed E-state index contributed by atoms with van der Waals surface area (Å²) in [6, 6.07) is 16.3. The number of carbonyl (C=O) groups excluding carboxylic acids is 2. The smallest absolute Gasteiger partial charge is 0.339 e. The van der Waals surface area contributed by atoms with E-state index in [-0.39, 0.29) is 61.9 Å². The lowest BCUT2D eigenvalue weighted by Crippen LogP contribution is -2.41. The minimum atomic E-state index is -4.75. The molecule has 4 aromatic rings. The van der Waals surface area contributed by atoms with Gasteiger partial charge in [-0.25, -0.2) is 8.78 Å². The van der Waals surface area contributed by atoms with Crippen LogP contribution in [0.3, 0.4) is 0 Å². The van der Waals surface area contributed by atoms with Gasteiger partial charge in [0.25, 0.3) is 0 Å². The summed E-state index contributed by atoms with van der Waals surface area (Å²) < 4.78 is 106. The van der Waals surface area contributed by atoms with E-state index in [0.717, 1.165) is 61.4 Å². The minimum Gasteiger partial charge on any atom is -0.339 e. The van der Waals surface area contributed by atoms with Gasteiger partial charge in [-0.3, -0.25) is 19.4 Å². The standard InChI is InChI=1S/C26H32Cl2F4N4O.C25H30Cl2F4N4O/c1-34(2)10-4-9-33-13-25(37)36-15-19(18-6-8-21(27)22(28)12-18)24(16-36)35(3)14-17-5-7-20(23(29)11-17)26(30,31)32;1-33(2)9-8-32-12-24(36)35-14-18(17-5-7-20(26)21(27)11-17)23(15-35)34(3)13-16-4-6-19(22(28)10-16)25(29,30)31/h5-8,11-12,19,24,33H,4,9-10,13-16H2,1-3H3;4-7,10-11,18,23,32H,8-9,12-15H2,1-3H3. The van der Waals surface area contributed by atoms with E-state index in [2.05, 4.69) is 15.5 Å². The van der Waals surface area contributed by atoms with E-state index in [0.29, 0.717) is 63.9 Å². The third-order valence-corrected chi connectivity index (χ3v) is 14.4. The van der Waals surface area contributed by atoms with Crippen LogP contribution in [0.25, 0.3) is 0 Å². The van der Waals surface area contributed by atoms with Crippen molar-refractivity contribution in [3.63, 3.8) is 0 Å². The number of carbonyl (C=O) groups is 2. The maximum absolute atomic E-state index is 14.2. The highest BCUT2D eigenvalue weighted by molar-refractivity contribution is 6.42. The molecule has 22 heteroatoms. The predicted octanol–water partition coefficient (Wildman–Crippen LogP) is 9.85. The second kappa shape index (κ2) is 26.8. The van der Waals surface area contributed by atoms with Crippen LogP contribution < -0.4 is 10.6 Å². The zero-order valence-corrected chi connectivity index (χ0v) is 44.5. The molecular weight excluding hydrogens is 1050 g/mol. The van der Waals surface area contributed by atoms with Crippen LogP contribution in [0.5, 0.6) is 0 Å². The normalized spacial score (nSPS) is 18.4. The van der Waals surface area contributed by atoms with E-state index in [4.69, 9.17) is 46.4 Å². The summed E-state index contributed by atoms with van der Waals surface area (Å²) in [5, 5.41) is 7.98. The van der Waals surface area contributed by atoms with Gasteiger partial charge in [-0.1, -0.05) is 70.7 Å². The monoisotopic (exact) mass is 1110 g/mol. The van der Waals surface area contributed by atoms with E-state index in [1.165, 1.54) is 12.1 Å². The van der Waals surface area contributed by atoms with Crippen molar-refractivity contribution in [3.8, 4) is 0 Å². The molecule has 0 saturated carbocycles. The van der Waals surface area contributed by atoms with Crippen molar-refractivity contribution in [1.82, 2.24) is 40.0 Å². The molecule has 0 bridgehead atoms. The van der Waals surface area contributed by atoms with Crippen molar-refractivity contribution in [2.24, 2.45) is 0 Å². The molecule has 402 valence electrons. The number of rotatable bonds is 19. The Labute approximate surface area is 442 Å². The number of likely N-dealkylation sites (tertiary alicyclic amines) is 2. The molecule has 2 saturated heterocycles. The molecule has 2 amide bonds. The lowest BCUT2D eigenvalue weighted by molar-refractivity contribution is -0.140. The average Bonchev–Trinajstić information content (AvgIpc) is 3.96. The van der Waals surface area contributed by atoms with Gasteiger partial charge in [-0.2, -0.15) is 26.3 Å². The molecule has 2 aliphatic rings. The molecular formula is C51H62Cl4F8N8O2. The third-order valence-electron chi connectivity index (χ3n) is 12.9. The number of hydrogen-bond donors (Lipinski definition) is 2. The Bertz CT molecular complexity index is 2490. The second-order valence-corrected chi connectivity index (χ2v) is 20.7. The van der Waals surface area contributed by atoms with Crippen LogP contribution in [0, 0.1) is 11.6 Å². The molecule has 0 spiro atoms. The van der Waals surface area contributed by atoms with Gasteiger partial charge in [0.2, 0.25) is 11.8 Å². The highest BCUT2D eigenvalue weighted by atomic mass is 35.5. The van der Waals surface area contributed by atoms with Crippen LogP contribution in [0.2, 0.25) is 20.1 Å². The van der Waals surface area contributed by atoms with Gasteiger partial charge in [0.05, 0.1) is 44.3 Å². The van der Waals surface area contributed by atoms with Crippen LogP contribution in [-0.4, -0.2) is 161 Å². The molecule has 4 aromatic carbocycles. The Morgan fingerprint density at radius 1 is 0.548 bits per heavy atom. The van der Waals surface area contributed by atoms with Crippen LogP contribution in [0.4, 0.5) is 35.1 Å². The van der Waals surface area contributed by atoms with Crippen molar-refractivity contribution >= 4 is 58.2 Å². The van der Waals surface area contributed by atoms with Crippen LogP contribution in [-0.2, 0) is 35.0 Å². The van der Waals surface area contributed by atoms with E-state index in [1.54, 1.807) is 34.1 Å². The van der Waals surface area contributed by atoms with Crippen LogP contribution in [0.15, 0.2) is 72.8 Å². The van der Waals surface area contributed by atoms with E-state index >= 15 is 0 Å². The Balaban J connectivity index is 0.000000271. The highest BCUT2D eigenvalue weighted by Gasteiger charge is 2.41. The first kappa shape index (κ1) is 60.0. The Morgan fingerprint density at radius 2 is 0.945 bits per heavy atom. The summed E-state index contributed by atoms with van der Waals surface area (Å²) in [5.41, 5.74) is 0.0411. The Morgan fingerprint density at radius 3 is 1.30 bits per heavy atom. The number of halogens is 12. The zero-order chi connectivity index (χ0) is 53.9. The quantitative estimate of drug-likeness (QED) is 0.0711. The summed E-state index contributed by atoms with van der Waals surface area (Å²) in [4.78, 5) is 37.4. The minimum absolute atomic E-state index is 0.0358. The molecule has 2 aliphatic heterocycles. The first-order valence-electron chi connectivity index (χ1n) is 23.5. The van der Waals surface area contributed by atoms with E-state index < -0.39 is 35.1 Å². The number of amides is 2. The lowest BCUT2D eigenvalue weighted by atomic mass is 9.93.